The van der Waals surface area contributed by atoms with E-state index >= 15 is 0 Å². The number of ether oxygens (including phenoxy) is 3. The summed E-state index contributed by atoms with van der Waals surface area (Å²) in [6.07, 6.45) is -1.56. The molecule has 0 spiro atoms. The topological polar surface area (TPSA) is 123 Å². The second kappa shape index (κ2) is 12.7. The number of carbonyl (C=O) groups is 2. The highest BCUT2D eigenvalue weighted by Crippen LogP contribution is 2.34. The van der Waals surface area contributed by atoms with E-state index in [1.807, 2.05) is 6.07 Å². The average Bonchev–Trinajstić information content (AvgIpc) is 2.94. The minimum absolute atomic E-state index is 0.0644. The second-order valence-electron chi connectivity index (χ2n) is 8.83. The summed E-state index contributed by atoms with van der Waals surface area (Å²) in [7, 11) is 0. The minimum Gasteiger partial charge on any atom is -0.480 e. The lowest BCUT2D eigenvalue weighted by molar-refractivity contribution is -0.142. The summed E-state index contributed by atoms with van der Waals surface area (Å²) in [6, 6.07) is 7.72. The number of pyridine rings is 2. The van der Waals surface area contributed by atoms with E-state index in [0.29, 0.717) is 60.4 Å². The molecule has 2 aromatic heterocycles. The predicted molar refractivity (Wildman–Crippen MR) is 139 cm³/mol. The van der Waals surface area contributed by atoms with Crippen LogP contribution in [0.15, 0.2) is 48.8 Å². The smallest absolute Gasteiger partial charge is 0.416 e. The first-order valence-corrected chi connectivity index (χ1v) is 12.3. The number of aromatic nitrogens is 2. The van der Waals surface area contributed by atoms with Gasteiger partial charge in [0.2, 0.25) is 5.88 Å². The first-order chi connectivity index (χ1) is 19.1. The molecule has 1 saturated heterocycles. The lowest BCUT2D eigenvalue weighted by atomic mass is 10.0. The van der Waals surface area contributed by atoms with E-state index in [0.717, 1.165) is 12.1 Å². The molecule has 4 rings (SSSR count). The molecule has 3 aromatic rings. The van der Waals surface area contributed by atoms with Crippen molar-refractivity contribution < 1.29 is 42.1 Å². The molecule has 0 bridgehead atoms. The Morgan fingerprint density at radius 3 is 2.60 bits per heavy atom. The summed E-state index contributed by atoms with van der Waals surface area (Å²) in [4.78, 5) is 34.2. The van der Waals surface area contributed by atoms with E-state index in [-0.39, 0.29) is 18.8 Å². The van der Waals surface area contributed by atoms with Crippen molar-refractivity contribution in [2.45, 2.75) is 13.1 Å². The summed E-state index contributed by atoms with van der Waals surface area (Å²) in [5, 5.41) is 11.3. The van der Waals surface area contributed by atoms with Crippen molar-refractivity contribution in [3.05, 3.63) is 65.6 Å². The first-order valence-electron chi connectivity index (χ1n) is 12.3. The molecule has 2 N–H and O–H groups in total. The van der Waals surface area contributed by atoms with E-state index in [9.17, 15) is 22.8 Å². The Bertz CT molecular complexity index is 1360. The molecule has 0 aliphatic carbocycles. The molecule has 1 aliphatic rings. The van der Waals surface area contributed by atoms with E-state index in [1.54, 1.807) is 19.2 Å². The number of morpholine rings is 1. The summed E-state index contributed by atoms with van der Waals surface area (Å²) in [5.74, 6) is -1.44. The van der Waals surface area contributed by atoms with Gasteiger partial charge in [-0.15, -0.1) is 0 Å². The van der Waals surface area contributed by atoms with Crippen molar-refractivity contribution in [3.63, 3.8) is 0 Å². The number of aryl methyl sites for hydroxylation is 1. The van der Waals surface area contributed by atoms with Gasteiger partial charge in [0.05, 0.1) is 37.3 Å². The molecule has 1 fully saturated rings. The van der Waals surface area contributed by atoms with Gasteiger partial charge in [0.15, 0.2) is 0 Å². The number of hydrogen-bond donors (Lipinski definition) is 2. The highest BCUT2D eigenvalue weighted by Gasteiger charge is 2.31. The maximum Gasteiger partial charge on any atom is 0.416 e. The number of carboxylic acid groups (broad SMARTS) is 1. The summed E-state index contributed by atoms with van der Waals surface area (Å²) < 4.78 is 55.5. The normalized spacial score (nSPS) is 13.7. The largest absolute Gasteiger partial charge is 0.480 e. The molecule has 10 nitrogen and oxygen atoms in total. The van der Waals surface area contributed by atoms with Crippen LogP contribution in [0.1, 0.15) is 21.6 Å². The van der Waals surface area contributed by atoms with E-state index < -0.39 is 30.2 Å². The maximum atomic E-state index is 13.1. The average molecular weight is 561 g/mol. The van der Waals surface area contributed by atoms with Gasteiger partial charge in [-0.2, -0.15) is 13.2 Å². The highest BCUT2D eigenvalue weighted by molar-refractivity contribution is 6.04. The third-order valence-electron chi connectivity index (χ3n) is 5.98. The number of hydrogen-bond acceptors (Lipinski definition) is 8. The van der Waals surface area contributed by atoms with Gasteiger partial charge in [0.1, 0.15) is 18.9 Å². The van der Waals surface area contributed by atoms with Gasteiger partial charge in [-0.3, -0.25) is 9.78 Å². The standard InChI is InChI=1S/C27H27F3N4O6/c1-17-22(13-21(15-31-17)33-25(37)18-3-2-4-20(11-18)27(28,29)30)19-12-23(34-5-7-38-8-6-34)26(32-14-19)40-10-9-39-16-24(35)36/h2-4,11-15H,5-10,16H2,1H3,(H,33,37)(H,35,36). The van der Waals surface area contributed by atoms with Gasteiger partial charge < -0.3 is 29.5 Å². The molecule has 0 saturated carbocycles. The highest BCUT2D eigenvalue weighted by atomic mass is 19.4. The van der Waals surface area contributed by atoms with Crippen molar-refractivity contribution in [1.29, 1.82) is 0 Å². The Balaban J connectivity index is 1.57. The number of alkyl halides is 3. The molecule has 3 heterocycles. The molecule has 0 unspecified atom stereocenters. The van der Waals surface area contributed by atoms with Gasteiger partial charge >= 0.3 is 12.1 Å². The van der Waals surface area contributed by atoms with Crippen molar-refractivity contribution in [1.82, 2.24) is 9.97 Å². The number of nitrogens with one attached hydrogen (secondary N) is 1. The Morgan fingerprint density at radius 2 is 1.88 bits per heavy atom. The van der Waals surface area contributed by atoms with Gasteiger partial charge in [0, 0.05) is 41.7 Å². The molecule has 13 heteroatoms. The fourth-order valence-corrected chi connectivity index (χ4v) is 4.02. The van der Waals surface area contributed by atoms with Crippen LogP contribution in [-0.4, -0.2) is 73.1 Å². The second-order valence-corrected chi connectivity index (χ2v) is 8.83. The van der Waals surface area contributed by atoms with Crippen LogP contribution in [0.25, 0.3) is 11.1 Å². The van der Waals surface area contributed by atoms with Crippen molar-refractivity contribution in [3.8, 4) is 17.0 Å². The van der Waals surface area contributed by atoms with Crippen molar-refractivity contribution >= 4 is 23.3 Å². The summed E-state index contributed by atoms with van der Waals surface area (Å²) in [5.41, 5.74) is 1.91. The zero-order valence-corrected chi connectivity index (χ0v) is 21.5. The van der Waals surface area contributed by atoms with Crippen LogP contribution in [0, 0.1) is 6.92 Å². The molecule has 212 valence electrons. The maximum absolute atomic E-state index is 13.1. The lowest BCUT2D eigenvalue weighted by Crippen LogP contribution is -2.36. The third-order valence-corrected chi connectivity index (χ3v) is 5.98. The number of carbonyl (C=O) groups excluding carboxylic acids is 1. The van der Waals surface area contributed by atoms with Crippen LogP contribution >= 0.6 is 0 Å². The molecular formula is C27H27F3N4O6. The van der Waals surface area contributed by atoms with Crippen LogP contribution in [0.3, 0.4) is 0 Å². The molecule has 0 radical (unpaired) electrons. The summed E-state index contributed by atoms with van der Waals surface area (Å²) >= 11 is 0. The molecule has 0 atom stereocenters. The van der Waals surface area contributed by atoms with Crippen LogP contribution in [0.4, 0.5) is 24.5 Å². The number of aliphatic carboxylic acids is 1. The SMILES string of the molecule is Cc1ncc(NC(=O)c2cccc(C(F)(F)F)c2)cc1-c1cnc(OCCOCC(=O)O)c(N2CCOCC2)c1. The van der Waals surface area contributed by atoms with Crippen molar-refractivity contribution in [2.24, 2.45) is 0 Å². The molecule has 1 aliphatic heterocycles. The van der Waals surface area contributed by atoms with Crippen LogP contribution in [0.5, 0.6) is 5.88 Å². The number of rotatable bonds is 10. The zero-order valence-electron chi connectivity index (χ0n) is 21.5. The molecular weight excluding hydrogens is 533 g/mol. The number of benzene rings is 1. The fourth-order valence-electron chi connectivity index (χ4n) is 4.02. The first kappa shape index (κ1) is 28.8. The van der Waals surface area contributed by atoms with Gasteiger partial charge in [-0.05, 0) is 37.3 Å². The molecule has 1 amide bonds. The third kappa shape index (κ3) is 7.45. The number of amides is 1. The van der Waals surface area contributed by atoms with Crippen LogP contribution in [0.2, 0.25) is 0 Å². The van der Waals surface area contributed by atoms with Crippen molar-refractivity contribution in [2.75, 3.05) is 56.3 Å². The van der Waals surface area contributed by atoms with E-state index in [1.165, 1.54) is 18.3 Å². The minimum atomic E-state index is -4.57. The number of carboxylic acids is 1. The molecule has 1 aromatic carbocycles. The Morgan fingerprint density at radius 1 is 1.10 bits per heavy atom. The van der Waals surface area contributed by atoms with Crippen LogP contribution < -0.4 is 15.0 Å². The monoisotopic (exact) mass is 560 g/mol. The number of halogens is 3. The van der Waals surface area contributed by atoms with Gasteiger partial charge in [0.25, 0.3) is 5.91 Å². The zero-order chi connectivity index (χ0) is 28.7. The van der Waals surface area contributed by atoms with E-state index in [4.69, 9.17) is 19.3 Å². The quantitative estimate of drug-likeness (QED) is 0.354. The van der Waals surface area contributed by atoms with E-state index in [2.05, 4.69) is 20.2 Å². The number of nitrogens with zero attached hydrogens (tertiary/aromatic N) is 3. The lowest BCUT2D eigenvalue weighted by Gasteiger charge is -2.30. The summed E-state index contributed by atoms with van der Waals surface area (Å²) in [6.45, 7) is 3.74. The molecule has 40 heavy (non-hydrogen) atoms. The fraction of sp³-hybridized carbons (Fsp3) is 0.333. The Hall–Kier alpha value is -4.23. The van der Waals surface area contributed by atoms with Crippen LogP contribution in [-0.2, 0) is 20.4 Å². The Kier molecular flexibility index (Phi) is 9.17. The number of anilines is 2. The predicted octanol–water partition coefficient (Wildman–Crippen LogP) is 4.04. The van der Waals surface area contributed by atoms with Gasteiger partial charge in [-0.1, -0.05) is 6.07 Å². The Labute approximate surface area is 227 Å². The van der Waals surface area contributed by atoms with Gasteiger partial charge in [-0.25, -0.2) is 9.78 Å².